The van der Waals surface area contributed by atoms with Crippen LogP contribution in [0.3, 0.4) is 0 Å². The lowest BCUT2D eigenvalue weighted by Crippen LogP contribution is -2.34. The summed E-state index contributed by atoms with van der Waals surface area (Å²) in [4.78, 5) is 2.67. The van der Waals surface area contributed by atoms with Gasteiger partial charge in [-0.1, -0.05) is 51.4 Å². The first-order valence-corrected chi connectivity index (χ1v) is 9.06. The van der Waals surface area contributed by atoms with Crippen molar-refractivity contribution in [1.82, 2.24) is 10.2 Å². The molecule has 120 valence electrons. The van der Waals surface area contributed by atoms with E-state index in [0.717, 1.165) is 26.1 Å². The Morgan fingerprint density at radius 3 is 1.70 bits per heavy atom. The fourth-order valence-electron chi connectivity index (χ4n) is 3.01. The highest BCUT2D eigenvalue weighted by Gasteiger charge is 2.05. The first-order chi connectivity index (χ1) is 9.93. The van der Waals surface area contributed by atoms with Crippen LogP contribution in [-0.2, 0) is 0 Å². The molecular weight excluding hydrogens is 246 g/mol. The normalized spacial score (nSPS) is 20.9. The largest absolute Gasteiger partial charge is 0.330 e. The van der Waals surface area contributed by atoms with Crippen molar-refractivity contribution in [3.8, 4) is 0 Å². The molecule has 1 rings (SSSR count). The number of rotatable bonds is 6. The molecule has 0 aromatic rings. The fraction of sp³-hybridized carbons (Fsp3) is 1.00. The number of hydrogen-bond acceptors (Lipinski definition) is 3. The second kappa shape index (κ2) is 13.8. The molecule has 3 heteroatoms. The highest BCUT2D eigenvalue weighted by atomic mass is 15.1. The Bertz CT molecular complexity index is 183. The van der Waals surface area contributed by atoms with Crippen molar-refractivity contribution in [3.05, 3.63) is 0 Å². The molecule has 0 spiro atoms. The molecule has 1 fully saturated rings. The van der Waals surface area contributed by atoms with Gasteiger partial charge in [0, 0.05) is 13.1 Å². The van der Waals surface area contributed by atoms with Gasteiger partial charge in [0.2, 0.25) is 0 Å². The Morgan fingerprint density at radius 1 is 0.700 bits per heavy atom. The minimum absolute atomic E-state index is 0.802. The lowest BCUT2D eigenvalue weighted by atomic mass is 10.1. The first-order valence-electron chi connectivity index (χ1n) is 9.06. The molecule has 1 aliphatic rings. The maximum atomic E-state index is 5.51. The average Bonchev–Trinajstić information content (AvgIpc) is 2.49. The van der Waals surface area contributed by atoms with E-state index in [2.05, 4.69) is 10.2 Å². The minimum atomic E-state index is 0.802. The summed E-state index contributed by atoms with van der Waals surface area (Å²) in [7, 11) is 0. The van der Waals surface area contributed by atoms with Crippen molar-refractivity contribution in [2.45, 2.75) is 70.6 Å². The Labute approximate surface area is 126 Å². The molecule has 3 N–H and O–H groups in total. The van der Waals surface area contributed by atoms with E-state index >= 15 is 0 Å². The molecule has 1 aliphatic heterocycles. The molecule has 0 atom stereocenters. The quantitative estimate of drug-likeness (QED) is 0.736. The molecule has 3 nitrogen and oxygen atoms in total. The summed E-state index contributed by atoms with van der Waals surface area (Å²) in [6.45, 7) is 6.82. The van der Waals surface area contributed by atoms with Crippen molar-refractivity contribution in [2.24, 2.45) is 5.73 Å². The predicted molar refractivity (Wildman–Crippen MR) is 89.2 cm³/mol. The van der Waals surface area contributed by atoms with Crippen LogP contribution in [0.15, 0.2) is 0 Å². The standard InChI is InChI=1S/C17H37N3/c18-12-11-13-19-14-17-20-15-9-7-5-3-1-2-4-6-8-10-16-20/h19H,1-18H2. The zero-order chi connectivity index (χ0) is 14.3. The summed E-state index contributed by atoms with van der Waals surface area (Å²) in [6, 6.07) is 0. The molecule has 20 heavy (non-hydrogen) atoms. The zero-order valence-corrected chi connectivity index (χ0v) is 13.5. The molecule has 0 amide bonds. The summed E-state index contributed by atoms with van der Waals surface area (Å²) in [6.07, 6.45) is 15.5. The highest BCUT2D eigenvalue weighted by Crippen LogP contribution is 2.12. The highest BCUT2D eigenvalue weighted by molar-refractivity contribution is 4.62. The van der Waals surface area contributed by atoms with E-state index in [9.17, 15) is 0 Å². The second-order valence-electron chi connectivity index (χ2n) is 6.27. The summed E-state index contributed by atoms with van der Waals surface area (Å²) in [5.74, 6) is 0. The lowest BCUT2D eigenvalue weighted by molar-refractivity contribution is 0.261. The monoisotopic (exact) mass is 283 g/mol. The van der Waals surface area contributed by atoms with Crippen LogP contribution in [0.5, 0.6) is 0 Å². The van der Waals surface area contributed by atoms with Gasteiger partial charge in [-0.3, -0.25) is 0 Å². The fourth-order valence-corrected chi connectivity index (χ4v) is 3.01. The number of nitrogens with two attached hydrogens (primary N) is 1. The summed E-state index contributed by atoms with van der Waals surface area (Å²) < 4.78 is 0. The SMILES string of the molecule is NCCCNCCN1CCCCCCCCCCCC1. The average molecular weight is 284 g/mol. The predicted octanol–water partition coefficient (Wildman–Crippen LogP) is 3.14. The van der Waals surface area contributed by atoms with Gasteiger partial charge in [0.05, 0.1) is 0 Å². The Hall–Kier alpha value is -0.120. The lowest BCUT2D eigenvalue weighted by Gasteiger charge is -2.22. The summed E-state index contributed by atoms with van der Waals surface area (Å²) >= 11 is 0. The van der Waals surface area contributed by atoms with E-state index in [1.807, 2.05) is 0 Å². The molecule has 0 radical (unpaired) electrons. The van der Waals surface area contributed by atoms with Crippen LogP contribution >= 0.6 is 0 Å². The van der Waals surface area contributed by atoms with E-state index < -0.39 is 0 Å². The maximum Gasteiger partial charge on any atom is 0.0107 e. The Balaban J connectivity index is 2.14. The van der Waals surface area contributed by atoms with Gasteiger partial charge in [0.25, 0.3) is 0 Å². The van der Waals surface area contributed by atoms with Crippen LogP contribution in [0.25, 0.3) is 0 Å². The van der Waals surface area contributed by atoms with E-state index in [1.165, 1.54) is 83.8 Å². The Kier molecular flexibility index (Phi) is 12.4. The van der Waals surface area contributed by atoms with Gasteiger partial charge in [0.15, 0.2) is 0 Å². The molecule has 0 aliphatic carbocycles. The van der Waals surface area contributed by atoms with Gasteiger partial charge >= 0.3 is 0 Å². The Morgan fingerprint density at radius 2 is 1.20 bits per heavy atom. The molecular formula is C17H37N3. The van der Waals surface area contributed by atoms with E-state index in [-0.39, 0.29) is 0 Å². The van der Waals surface area contributed by atoms with Crippen LogP contribution < -0.4 is 11.1 Å². The van der Waals surface area contributed by atoms with Gasteiger partial charge in [0.1, 0.15) is 0 Å². The second-order valence-corrected chi connectivity index (χ2v) is 6.27. The van der Waals surface area contributed by atoms with Gasteiger partial charge in [-0.15, -0.1) is 0 Å². The van der Waals surface area contributed by atoms with Gasteiger partial charge in [-0.05, 0) is 45.4 Å². The number of hydrogen-bond donors (Lipinski definition) is 2. The van der Waals surface area contributed by atoms with Crippen molar-refractivity contribution in [1.29, 1.82) is 0 Å². The molecule has 0 unspecified atom stereocenters. The van der Waals surface area contributed by atoms with Crippen LogP contribution in [0.4, 0.5) is 0 Å². The van der Waals surface area contributed by atoms with Crippen LogP contribution in [0.1, 0.15) is 70.6 Å². The maximum absolute atomic E-state index is 5.51. The summed E-state index contributed by atoms with van der Waals surface area (Å²) in [5.41, 5.74) is 5.51. The zero-order valence-electron chi connectivity index (χ0n) is 13.5. The van der Waals surface area contributed by atoms with E-state index in [4.69, 9.17) is 5.73 Å². The van der Waals surface area contributed by atoms with Crippen LogP contribution in [-0.4, -0.2) is 44.2 Å². The van der Waals surface area contributed by atoms with E-state index in [0.29, 0.717) is 0 Å². The molecule has 0 aromatic carbocycles. The third-order valence-corrected chi connectivity index (χ3v) is 4.36. The third-order valence-electron chi connectivity index (χ3n) is 4.36. The molecule has 0 aromatic heterocycles. The van der Waals surface area contributed by atoms with Crippen LogP contribution in [0.2, 0.25) is 0 Å². The van der Waals surface area contributed by atoms with Gasteiger partial charge in [-0.2, -0.15) is 0 Å². The van der Waals surface area contributed by atoms with Crippen molar-refractivity contribution >= 4 is 0 Å². The molecule has 1 saturated heterocycles. The van der Waals surface area contributed by atoms with Gasteiger partial charge < -0.3 is 16.0 Å². The minimum Gasteiger partial charge on any atom is -0.330 e. The van der Waals surface area contributed by atoms with Crippen molar-refractivity contribution in [3.63, 3.8) is 0 Å². The third kappa shape index (κ3) is 10.6. The number of nitrogens with one attached hydrogen (secondary N) is 1. The first kappa shape index (κ1) is 17.9. The van der Waals surface area contributed by atoms with Gasteiger partial charge in [-0.25, -0.2) is 0 Å². The molecule has 1 heterocycles. The summed E-state index contributed by atoms with van der Waals surface area (Å²) in [5, 5.41) is 3.51. The van der Waals surface area contributed by atoms with Crippen LogP contribution in [0, 0.1) is 0 Å². The molecule has 0 saturated carbocycles. The topological polar surface area (TPSA) is 41.3 Å². The van der Waals surface area contributed by atoms with E-state index in [1.54, 1.807) is 0 Å². The molecule has 0 bridgehead atoms. The van der Waals surface area contributed by atoms with Crippen molar-refractivity contribution in [2.75, 3.05) is 39.3 Å². The van der Waals surface area contributed by atoms with Crippen molar-refractivity contribution < 1.29 is 0 Å². The smallest absolute Gasteiger partial charge is 0.0107 e. The number of nitrogens with zero attached hydrogens (tertiary/aromatic N) is 1.